The third kappa shape index (κ3) is 6.56. The molecule has 188 valence electrons. The van der Waals surface area contributed by atoms with Gasteiger partial charge in [0.25, 0.3) is 0 Å². The lowest BCUT2D eigenvalue weighted by molar-refractivity contribution is 0.598. The standard InChI is InChI=1S/C28H27N5O2S2/c1-19-7-12-25-26(15-19)36-27(33-25)18-23-17-22(16-21-5-3-2-4-6-21)31-28(32-23)30-14-13-20-8-10-24(11-9-20)37(29,34)35/h2-12,15,17H,13-14,16,18H2,1H3,(H2,29,34,35)(H,30,31,32). The maximum absolute atomic E-state index is 11.5. The molecule has 0 spiro atoms. The normalized spacial score (nSPS) is 11.6. The van der Waals surface area contributed by atoms with E-state index < -0.39 is 10.0 Å². The Morgan fingerprint density at radius 1 is 0.838 bits per heavy atom. The number of nitrogens with two attached hydrogens (primary N) is 1. The number of fused-ring (bicyclic) bond motifs is 1. The monoisotopic (exact) mass is 529 g/mol. The average molecular weight is 530 g/mol. The van der Waals surface area contributed by atoms with Crippen molar-refractivity contribution in [1.82, 2.24) is 15.0 Å². The van der Waals surface area contributed by atoms with Gasteiger partial charge in [0.05, 0.1) is 31.5 Å². The second-order valence-corrected chi connectivity index (χ2v) is 11.6. The minimum absolute atomic E-state index is 0.107. The van der Waals surface area contributed by atoms with E-state index in [1.807, 2.05) is 18.2 Å². The molecule has 0 aliphatic heterocycles. The van der Waals surface area contributed by atoms with E-state index in [4.69, 9.17) is 20.1 Å². The Morgan fingerprint density at radius 2 is 1.57 bits per heavy atom. The van der Waals surface area contributed by atoms with Crippen molar-refractivity contribution in [1.29, 1.82) is 0 Å². The predicted molar refractivity (Wildman–Crippen MR) is 148 cm³/mol. The van der Waals surface area contributed by atoms with Crippen LogP contribution in [0, 0.1) is 6.92 Å². The highest BCUT2D eigenvalue weighted by Crippen LogP contribution is 2.25. The number of hydrogen-bond acceptors (Lipinski definition) is 7. The highest BCUT2D eigenvalue weighted by molar-refractivity contribution is 7.89. The molecule has 0 aliphatic rings. The number of primary sulfonamides is 1. The molecular weight excluding hydrogens is 502 g/mol. The molecule has 3 N–H and O–H groups in total. The minimum atomic E-state index is -3.70. The number of aryl methyl sites for hydroxylation is 1. The van der Waals surface area contributed by atoms with E-state index in [2.05, 4.69) is 48.6 Å². The summed E-state index contributed by atoms with van der Waals surface area (Å²) < 4.78 is 24.1. The zero-order valence-corrected chi connectivity index (χ0v) is 22.0. The number of benzene rings is 3. The number of hydrogen-bond donors (Lipinski definition) is 2. The van der Waals surface area contributed by atoms with Gasteiger partial charge < -0.3 is 5.32 Å². The van der Waals surface area contributed by atoms with Gasteiger partial charge in [0.15, 0.2) is 0 Å². The number of aromatic nitrogens is 3. The molecule has 2 heterocycles. The third-order valence-corrected chi connectivity index (χ3v) is 7.88. The lowest BCUT2D eigenvalue weighted by Crippen LogP contribution is -2.13. The Labute approximate surface area is 220 Å². The van der Waals surface area contributed by atoms with Gasteiger partial charge in [-0.2, -0.15) is 0 Å². The largest absolute Gasteiger partial charge is 0.354 e. The summed E-state index contributed by atoms with van der Waals surface area (Å²) in [5.41, 5.74) is 6.26. The summed E-state index contributed by atoms with van der Waals surface area (Å²) in [6, 6.07) is 25.2. The molecule has 5 rings (SSSR count). The predicted octanol–water partition coefficient (Wildman–Crippen LogP) is 4.88. The highest BCUT2D eigenvalue weighted by atomic mass is 32.2. The molecule has 0 saturated carbocycles. The number of thiazole rings is 1. The fraction of sp³-hybridized carbons (Fsp3) is 0.179. The fourth-order valence-corrected chi connectivity index (χ4v) is 5.69. The van der Waals surface area contributed by atoms with E-state index in [0.717, 1.165) is 27.5 Å². The van der Waals surface area contributed by atoms with Crippen molar-refractivity contribution in [2.75, 3.05) is 11.9 Å². The van der Waals surface area contributed by atoms with Gasteiger partial charge in [0, 0.05) is 19.4 Å². The molecule has 9 heteroatoms. The Balaban J connectivity index is 1.34. The molecule has 0 atom stereocenters. The zero-order chi connectivity index (χ0) is 25.8. The fourth-order valence-electron chi connectivity index (χ4n) is 4.09. The minimum Gasteiger partial charge on any atom is -0.354 e. The van der Waals surface area contributed by atoms with Gasteiger partial charge in [-0.25, -0.2) is 28.5 Å². The van der Waals surface area contributed by atoms with Crippen molar-refractivity contribution >= 4 is 37.5 Å². The molecule has 2 aromatic heterocycles. The quantitative estimate of drug-likeness (QED) is 0.282. The van der Waals surface area contributed by atoms with Crippen LogP contribution in [-0.4, -0.2) is 29.9 Å². The first kappa shape index (κ1) is 25.0. The summed E-state index contributed by atoms with van der Waals surface area (Å²) >= 11 is 1.70. The summed E-state index contributed by atoms with van der Waals surface area (Å²) in [4.78, 5) is 14.5. The Morgan fingerprint density at radius 3 is 2.30 bits per heavy atom. The Hall–Kier alpha value is -3.66. The van der Waals surface area contributed by atoms with Crippen LogP contribution in [0.5, 0.6) is 0 Å². The Bertz CT molecular complexity index is 1630. The zero-order valence-electron chi connectivity index (χ0n) is 20.4. The second kappa shape index (κ2) is 10.8. The van der Waals surface area contributed by atoms with Gasteiger partial charge in [0.1, 0.15) is 0 Å². The number of sulfonamides is 1. The molecule has 0 aliphatic carbocycles. The van der Waals surface area contributed by atoms with Gasteiger partial charge in [-0.1, -0.05) is 48.5 Å². The van der Waals surface area contributed by atoms with E-state index in [1.165, 1.54) is 28.0 Å². The summed E-state index contributed by atoms with van der Waals surface area (Å²) in [5.74, 6) is 0.571. The van der Waals surface area contributed by atoms with Gasteiger partial charge in [-0.05, 0) is 60.4 Å². The van der Waals surface area contributed by atoms with Gasteiger partial charge >= 0.3 is 0 Å². The van der Waals surface area contributed by atoms with Crippen LogP contribution in [0.3, 0.4) is 0 Å². The van der Waals surface area contributed by atoms with E-state index >= 15 is 0 Å². The first-order chi connectivity index (χ1) is 17.8. The van der Waals surface area contributed by atoms with Crippen molar-refractivity contribution in [3.8, 4) is 0 Å². The maximum Gasteiger partial charge on any atom is 0.238 e. The van der Waals surface area contributed by atoms with Crippen molar-refractivity contribution < 1.29 is 8.42 Å². The van der Waals surface area contributed by atoms with Crippen molar-refractivity contribution in [2.45, 2.75) is 31.1 Å². The van der Waals surface area contributed by atoms with Gasteiger partial charge in [-0.15, -0.1) is 11.3 Å². The van der Waals surface area contributed by atoms with E-state index in [1.54, 1.807) is 23.5 Å². The summed E-state index contributed by atoms with van der Waals surface area (Å²) in [5, 5.41) is 9.55. The molecule has 3 aromatic carbocycles. The average Bonchev–Trinajstić information content (AvgIpc) is 3.25. The van der Waals surface area contributed by atoms with E-state index in [9.17, 15) is 8.42 Å². The van der Waals surface area contributed by atoms with Crippen LogP contribution >= 0.6 is 11.3 Å². The molecular formula is C28H27N5O2S2. The molecule has 0 bridgehead atoms. The van der Waals surface area contributed by atoms with Crippen LogP contribution < -0.4 is 10.5 Å². The van der Waals surface area contributed by atoms with Crippen molar-refractivity contribution in [3.63, 3.8) is 0 Å². The highest BCUT2D eigenvalue weighted by Gasteiger charge is 2.11. The molecule has 0 amide bonds. The molecule has 0 fully saturated rings. The number of rotatable bonds is 9. The van der Waals surface area contributed by atoms with Crippen LogP contribution in [0.4, 0.5) is 5.95 Å². The van der Waals surface area contributed by atoms with Crippen LogP contribution in [0.25, 0.3) is 10.2 Å². The smallest absolute Gasteiger partial charge is 0.238 e. The second-order valence-electron chi connectivity index (χ2n) is 8.96. The van der Waals surface area contributed by atoms with Crippen LogP contribution in [0.15, 0.2) is 83.8 Å². The number of nitrogens with zero attached hydrogens (tertiary/aromatic N) is 3. The SMILES string of the molecule is Cc1ccc2nc(Cc3cc(Cc4ccccc4)nc(NCCc4ccc(S(N)(=O)=O)cc4)n3)sc2c1. The maximum atomic E-state index is 11.5. The Kier molecular flexibility index (Phi) is 7.27. The van der Waals surface area contributed by atoms with Gasteiger partial charge in [-0.3, -0.25) is 0 Å². The van der Waals surface area contributed by atoms with E-state index in [0.29, 0.717) is 31.8 Å². The van der Waals surface area contributed by atoms with E-state index in [-0.39, 0.29) is 4.90 Å². The van der Waals surface area contributed by atoms with Crippen LogP contribution in [0.2, 0.25) is 0 Å². The first-order valence-electron chi connectivity index (χ1n) is 11.9. The van der Waals surface area contributed by atoms with Crippen molar-refractivity contribution in [2.24, 2.45) is 5.14 Å². The lowest BCUT2D eigenvalue weighted by atomic mass is 10.1. The van der Waals surface area contributed by atoms with Crippen LogP contribution in [0.1, 0.15) is 33.1 Å². The summed E-state index contributed by atoms with van der Waals surface area (Å²) in [7, 11) is -3.70. The lowest BCUT2D eigenvalue weighted by Gasteiger charge is -2.10. The molecule has 0 radical (unpaired) electrons. The molecule has 5 aromatic rings. The number of nitrogens with one attached hydrogen (secondary N) is 1. The first-order valence-corrected chi connectivity index (χ1v) is 14.3. The molecule has 0 unspecified atom stereocenters. The number of anilines is 1. The summed E-state index contributed by atoms with van der Waals surface area (Å²) in [6.45, 7) is 2.69. The molecule has 37 heavy (non-hydrogen) atoms. The van der Waals surface area contributed by atoms with Crippen molar-refractivity contribution in [3.05, 3.63) is 112 Å². The third-order valence-electron chi connectivity index (χ3n) is 5.93. The topological polar surface area (TPSA) is 111 Å². The van der Waals surface area contributed by atoms with Crippen LogP contribution in [-0.2, 0) is 29.3 Å². The van der Waals surface area contributed by atoms with Gasteiger partial charge in [0.2, 0.25) is 16.0 Å². The molecule has 7 nitrogen and oxygen atoms in total. The summed E-state index contributed by atoms with van der Waals surface area (Å²) in [6.07, 6.45) is 2.02. The molecule has 0 saturated heterocycles.